The highest BCUT2D eigenvalue weighted by molar-refractivity contribution is 5.85. The van der Waals surface area contributed by atoms with E-state index in [-0.39, 0.29) is 5.91 Å². The number of carbonyl (C=O) groups is 1. The highest BCUT2D eigenvalue weighted by Gasteiger charge is 2.43. The standard InChI is InChI=1S/C17H28N4O2/c1-3-15-19-10-12-21(15)14-5-4-11-20(13-14)16(22)17(23-2)6-8-18-9-7-17/h10,12,14,18H,3-9,11,13H2,1-2H3. The molecular formula is C17H28N4O2. The molecule has 3 rings (SSSR count). The van der Waals surface area contributed by atoms with Gasteiger partial charge in [-0.1, -0.05) is 6.92 Å². The molecule has 6 heteroatoms. The number of nitrogens with one attached hydrogen (secondary N) is 1. The molecule has 0 bridgehead atoms. The molecule has 2 fully saturated rings. The van der Waals surface area contributed by atoms with E-state index >= 15 is 0 Å². The number of aromatic nitrogens is 2. The van der Waals surface area contributed by atoms with Gasteiger partial charge in [-0.3, -0.25) is 4.79 Å². The number of hydrogen-bond acceptors (Lipinski definition) is 4. The Morgan fingerprint density at radius 2 is 2.26 bits per heavy atom. The van der Waals surface area contributed by atoms with E-state index < -0.39 is 5.60 Å². The van der Waals surface area contributed by atoms with Crippen LogP contribution in [0, 0.1) is 0 Å². The van der Waals surface area contributed by atoms with Crippen LogP contribution in [-0.2, 0) is 16.0 Å². The summed E-state index contributed by atoms with van der Waals surface area (Å²) in [5.74, 6) is 1.27. The van der Waals surface area contributed by atoms with Crippen molar-refractivity contribution in [2.24, 2.45) is 0 Å². The Kier molecular flexibility index (Phi) is 5.02. The van der Waals surface area contributed by atoms with Crippen molar-refractivity contribution in [1.29, 1.82) is 0 Å². The minimum absolute atomic E-state index is 0.171. The minimum atomic E-state index is -0.629. The van der Waals surface area contributed by atoms with E-state index in [1.54, 1.807) is 7.11 Å². The zero-order valence-corrected chi connectivity index (χ0v) is 14.3. The van der Waals surface area contributed by atoms with E-state index in [1.165, 1.54) is 0 Å². The summed E-state index contributed by atoms with van der Waals surface area (Å²) in [5, 5.41) is 3.31. The van der Waals surface area contributed by atoms with E-state index in [1.807, 2.05) is 17.3 Å². The number of rotatable bonds is 4. The molecule has 0 aliphatic carbocycles. The van der Waals surface area contributed by atoms with Crippen LogP contribution in [0.4, 0.5) is 0 Å². The van der Waals surface area contributed by atoms with Crippen molar-refractivity contribution in [1.82, 2.24) is 19.8 Å². The fourth-order valence-corrected chi connectivity index (χ4v) is 3.94. The van der Waals surface area contributed by atoms with Gasteiger partial charge in [0.05, 0.1) is 6.04 Å². The molecule has 1 amide bonds. The molecule has 3 heterocycles. The highest BCUT2D eigenvalue weighted by Crippen LogP contribution is 2.29. The van der Waals surface area contributed by atoms with Crippen LogP contribution < -0.4 is 5.32 Å². The number of ether oxygens (including phenoxy) is 1. The van der Waals surface area contributed by atoms with Gasteiger partial charge in [-0.05, 0) is 38.8 Å². The third-order valence-electron chi connectivity index (χ3n) is 5.33. The maximum Gasteiger partial charge on any atom is 0.254 e. The van der Waals surface area contributed by atoms with Crippen molar-refractivity contribution >= 4 is 5.91 Å². The zero-order chi connectivity index (χ0) is 16.3. The second-order valence-electron chi connectivity index (χ2n) is 6.60. The predicted molar refractivity (Wildman–Crippen MR) is 88.3 cm³/mol. The molecule has 0 aromatic carbocycles. The minimum Gasteiger partial charge on any atom is -0.368 e. The summed E-state index contributed by atoms with van der Waals surface area (Å²) in [6, 6.07) is 0.334. The van der Waals surface area contributed by atoms with Crippen LogP contribution in [0.5, 0.6) is 0 Å². The number of hydrogen-bond donors (Lipinski definition) is 1. The van der Waals surface area contributed by atoms with Gasteiger partial charge in [0.1, 0.15) is 11.4 Å². The number of piperidine rings is 2. The number of carbonyl (C=O) groups excluding carboxylic acids is 1. The van der Waals surface area contributed by atoms with Gasteiger partial charge in [-0.15, -0.1) is 0 Å². The summed E-state index contributed by atoms with van der Waals surface area (Å²) in [5.41, 5.74) is -0.629. The van der Waals surface area contributed by atoms with Gasteiger partial charge in [-0.25, -0.2) is 4.98 Å². The molecule has 128 valence electrons. The molecule has 6 nitrogen and oxygen atoms in total. The largest absolute Gasteiger partial charge is 0.368 e. The third-order valence-corrected chi connectivity index (χ3v) is 5.33. The SMILES string of the molecule is CCc1nccn1C1CCCN(C(=O)C2(OC)CCNCC2)C1. The maximum absolute atomic E-state index is 13.1. The molecule has 0 saturated carbocycles. The van der Waals surface area contributed by atoms with Gasteiger partial charge in [0.15, 0.2) is 0 Å². The van der Waals surface area contributed by atoms with Crippen LogP contribution in [0.15, 0.2) is 12.4 Å². The van der Waals surface area contributed by atoms with Crippen LogP contribution in [0.2, 0.25) is 0 Å². The Hall–Kier alpha value is -1.40. The lowest BCUT2D eigenvalue weighted by molar-refractivity contribution is -0.160. The highest BCUT2D eigenvalue weighted by atomic mass is 16.5. The first-order valence-corrected chi connectivity index (χ1v) is 8.77. The molecule has 23 heavy (non-hydrogen) atoms. The Bertz CT molecular complexity index is 536. The van der Waals surface area contributed by atoms with E-state index in [0.29, 0.717) is 6.04 Å². The summed E-state index contributed by atoms with van der Waals surface area (Å²) in [4.78, 5) is 19.6. The van der Waals surface area contributed by atoms with E-state index in [0.717, 1.165) is 64.1 Å². The summed E-state index contributed by atoms with van der Waals surface area (Å²) < 4.78 is 7.97. The first-order chi connectivity index (χ1) is 11.2. The molecule has 0 spiro atoms. The van der Waals surface area contributed by atoms with Crippen LogP contribution in [-0.4, -0.2) is 59.2 Å². The number of amides is 1. The second-order valence-corrected chi connectivity index (χ2v) is 6.60. The summed E-state index contributed by atoms with van der Waals surface area (Å²) in [6.07, 6.45) is 8.50. The monoisotopic (exact) mass is 320 g/mol. The summed E-state index contributed by atoms with van der Waals surface area (Å²) in [7, 11) is 1.68. The molecule has 2 saturated heterocycles. The molecule has 0 radical (unpaired) electrons. The average Bonchev–Trinajstić information content (AvgIpc) is 3.10. The zero-order valence-electron chi connectivity index (χ0n) is 14.3. The number of aryl methyl sites for hydroxylation is 1. The van der Waals surface area contributed by atoms with Crippen LogP contribution in [0.1, 0.15) is 44.5 Å². The number of methoxy groups -OCH3 is 1. The molecule has 2 aliphatic heterocycles. The Morgan fingerprint density at radius 3 is 2.96 bits per heavy atom. The second kappa shape index (κ2) is 7.01. The molecule has 1 aromatic heterocycles. The number of likely N-dealkylation sites (tertiary alicyclic amines) is 1. The van der Waals surface area contributed by atoms with Gasteiger partial charge < -0.3 is 19.5 Å². The average molecular weight is 320 g/mol. The molecule has 1 unspecified atom stereocenters. The van der Waals surface area contributed by atoms with Gasteiger partial charge in [-0.2, -0.15) is 0 Å². The lowest BCUT2D eigenvalue weighted by atomic mass is 9.89. The van der Waals surface area contributed by atoms with Crippen LogP contribution in [0.25, 0.3) is 0 Å². The topological polar surface area (TPSA) is 59.4 Å². The van der Waals surface area contributed by atoms with E-state index in [9.17, 15) is 4.79 Å². The van der Waals surface area contributed by atoms with Crippen molar-refractivity contribution in [3.8, 4) is 0 Å². The Labute approximate surface area is 138 Å². The van der Waals surface area contributed by atoms with E-state index in [2.05, 4.69) is 21.8 Å². The lowest BCUT2D eigenvalue weighted by Gasteiger charge is -2.42. The maximum atomic E-state index is 13.1. The first-order valence-electron chi connectivity index (χ1n) is 8.77. The van der Waals surface area contributed by atoms with Crippen molar-refractivity contribution < 1.29 is 9.53 Å². The van der Waals surface area contributed by atoms with Crippen molar-refractivity contribution in [2.75, 3.05) is 33.3 Å². The van der Waals surface area contributed by atoms with Crippen molar-refractivity contribution in [3.63, 3.8) is 0 Å². The normalized spacial score (nSPS) is 24.6. The fraction of sp³-hybridized carbons (Fsp3) is 0.765. The molecule has 1 atom stereocenters. The van der Waals surface area contributed by atoms with Crippen molar-refractivity contribution in [2.45, 2.75) is 50.7 Å². The molecule has 1 N–H and O–H groups in total. The van der Waals surface area contributed by atoms with Crippen LogP contribution in [0.3, 0.4) is 0 Å². The van der Waals surface area contributed by atoms with Gasteiger partial charge in [0.2, 0.25) is 0 Å². The quantitative estimate of drug-likeness (QED) is 0.910. The molecular weight excluding hydrogens is 292 g/mol. The summed E-state index contributed by atoms with van der Waals surface area (Å²) >= 11 is 0. The fourth-order valence-electron chi connectivity index (χ4n) is 3.94. The van der Waals surface area contributed by atoms with Crippen LogP contribution >= 0.6 is 0 Å². The molecule has 1 aromatic rings. The third kappa shape index (κ3) is 3.15. The first kappa shape index (κ1) is 16.5. The Balaban J connectivity index is 1.74. The Morgan fingerprint density at radius 1 is 1.48 bits per heavy atom. The van der Waals surface area contributed by atoms with Gasteiger partial charge in [0.25, 0.3) is 5.91 Å². The predicted octanol–water partition coefficient (Wildman–Crippen LogP) is 1.38. The number of imidazole rings is 1. The summed E-state index contributed by atoms with van der Waals surface area (Å²) in [6.45, 7) is 5.42. The van der Waals surface area contributed by atoms with Gasteiger partial charge in [0, 0.05) is 39.0 Å². The smallest absolute Gasteiger partial charge is 0.254 e. The lowest BCUT2D eigenvalue weighted by Crippen LogP contribution is -2.57. The molecule has 2 aliphatic rings. The van der Waals surface area contributed by atoms with Gasteiger partial charge >= 0.3 is 0 Å². The van der Waals surface area contributed by atoms with Crippen molar-refractivity contribution in [3.05, 3.63) is 18.2 Å². The number of nitrogens with zero attached hydrogens (tertiary/aromatic N) is 3. The van der Waals surface area contributed by atoms with E-state index in [4.69, 9.17) is 4.74 Å².